The molecule has 0 saturated heterocycles. The van der Waals surface area contributed by atoms with E-state index in [0.29, 0.717) is 13.0 Å². The number of hydrogen-bond donors (Lipinski definition) is 2. The first kappa shape index (κ1) is 13.0. The fraction of sp³-hybridized carbons (Fsp3) is 0.833. The Hall–Kier alpha value is -1.06. The number of carboxylic acids is 1. The van der Waals surface area contributed by atoms with Crippen molar-refractivity contribution in [3.05, 3.63) is 0 Å². The Labute approximate surface area is 96.4 Å². The molecule has 1 amide bonds. The molecule has 1 atom stereocenters. The summed E-state index contributed by atoms with van der Waals surface area (Å²) in [5.41, 5.74) is 0. The maximum Gasteiger partial charge on any atom is 0.303 e. The molecule has 1 aliphatic carbocycles. The van der Waals surface area contributed by atoms with Crippen LogP contribution in [0.5, 0.6) is 0 Å². The van der Waals surface area contributed by atoms with E-state index in [2.05, 4.69) is 5.32 Å². The molecule has 1 unspecified atom stereocenters. The Morgan fingerprint density at radius 3 is 2.62 bits per heavy atom. The fourth-order valence-electron chi connectivity index (χ4n) is 1.86. The van der Waals surface area contributed by atoms with Gasteiger partial charge in [-0.25, -0.2) is 0 Å². The number of hydrogen-bond acceptors (Lipinski definition) is 2. The van der Waals surface area contributed by atoms with Gasteiger partial charge in [-0.05, 0) is 18.3 Å². The lowest BCUT2D eigenvalue weighted by Gasteiger charge is -2.24. The summed E-state index contributed by atoms with van der Waals surface area (Å²) in [5.74, 6) is 0.00713. The van der Waals surface area contributed by atoms with Gasteiger partial charge in [0.25, 0.3) is 0 Å². The van der Waals surface area contributed by atoms with Gasteiger partial charge in [0, 0.05) is 19.4 Å². The number of carbonyl (C=O) groups excluding carboxylic acids is 1. The lowest BCUT2D eigenvalue weighted by atomic mass is 9.82. The predicted molar refractivity (Wildman–Crippen MR) is 61.0 cm³/mol. The van der Waals surface area contributed by atoms with Gasteiger partial charge in [-0.15, -0.1) is 0 Å². The van der Waals surface area contributed by atoms with Crippen molar-refractivity contribution in [2.75, 3.05) is 6.54 Å². The highest BCUT2D eigenvalue weighted by atomic mass is 16.4. The van der Waals surface area contributed by atoms with Crippen LogP contribution in [0.3, 0.4) is 0 Å². The van der Waals surface area contributed by atoms with Crippen LogP contribution in [0.4, 0.5) is 0 Å². The molecule has 16 heavy (non-hydrogen) atoms. The molecule has 1 saturated carbocycles. The van der Waals surface area contributed by atoms with Crippen LogP contribution in [0.2, 0.25) is 0 Å². The lowest BCUT2D eigenvalue weighted by molar-refractivity contribution is -0.138. The third-order valence-electron chi connectivity index (χ3n) is 3.18. The summed E-state index contributed by atoms with van der Waals surface area (Å²) in [6, 6.07) is 0. The summed E-state index contributed by atoms with van der Waals surface area (Å²) in [6.07, 6.45) is 5.53. The van der Waals surface area contributed by atoms with E-state index < -0.39 is 5.97 Å². The number of carbonyl (C=O) groups is 2. The topological polar surface area (TPSA) is 66.4 Å². The molecule has 0 aromatic rings. The van der Waals surface area contributed by atoms with Crippen molar-refractivity contribution in [2.24, 2.45) is 11.8 Å². The summed E-state index contributed by atoms with van der Waals surface area (Å²) >= 11 is 0. The fourth-order valence-corrected chi connectivity index (χ4v) is 1.86. The Kier molecular flexibility index (Phi) is 5.29. The molecule has 0 aromatic heterocycles. The quantitative estimate of drug-likeness (QED) is 0.697. The Morgan fingerprint density at radius 1 is 1.44 bits per heavy atom. The van der Waals surface area contributed by atoms with Crippen molar-refractivity contribution < 1.29 is 14.7 Å². The van der Waals surface area contributed by atoms with Gasteiger partial charge in [-0.3, -0.25) is 9.59 Å². The minimum atomic E-state index is -0.809. The molecular formula is C12H21NO3. The largest absolute Gasteiger partial charge is 0.481 e. The van der Waals surface area contributed by atoms with E-state index in [1.165, 1.54) is 19.3 Å². The second-order valence-electron chi connectivity index (χ2n) is 4.84. The second kappa shape index (κ2) is 6.51. The van der Waals surface area contributed by atoms with Gasteiger partial charge in [0.05, 0.1) is 0 Å². The summed E-state index contributed by atoms with van der Waals surface area (Å²) in [4.78, 5) is 21.8. The minimum Gasteiger partial charge on any atom is -0.481 e. The predicted octanol–water partition coefficient (Wildman–Crippen LogP) is 1.79. The summed E-state index contributed by atoms with van der Waals surface area (Å²) in [5, 5.41) is 11.3. The van der Waals surface area contributed by atoms with Crippen molar-refractivity contribution in [1.82, 2.24) is 5.32 Å². The second-order valence-corrected chi connectivity index (χ2v) is 4.84. The van der Waals surface area contributed by atoms with Crippen molar-refractivity contribution >= 4 is 11.9 Å². The average Bonchev–Trinajstić information content (AvgIpc) is 2.11. The first-order chi connectivity index (χ1) is 7.58. The zero-order chi connectivity index (χ0) is 12.0. The minimum absolute atomic E-state index is 0.00477. The first-order valence-electron chi connectivity index (χ1n) is 6.06. The van der Waals surface area contributed by atoms with E-state index in [1.807, 2.05) is 6.92 Å². The molecule has 0 aliphatic heterocycles. The van der Waals surface area contributed by atoms with E-state index in [0.717, 1.165) is 12.3 Å². The van der Waals surface area contributed by atoms with Gasteiger partial charge in [0.15, 0.2) is 0 Å². The first-order valence-corrected chi connectivity index (χ1v) is 6.06. The Bertz CT molecular complexity index is 249. The normalized spacial score (nSPS) is 17.6. The van der Waals surface area contributed by atoms with Crippen LogP contribution in [0.15, 0.2) is 0 Å². The SMILES string of the molecule is CC(CNC(=O)CCC1CCC1)CC(=O)O. The molecule has 1 fully saturated rings. The van der Waals surface area contributed by atoms with Crippen LogP contribution in [-0.2, 0) is 9.59 Å². The van der Waals surface area contributed by atoms with Gasteiger partial charge in [0.2, 0.25) is 5.91 Å². The summed E-state index contributed by atoms with van der Waals surface area (Å²) in [6.45, 7) is 2.30. The van der Waals surface area contributed by atoms with Gasteiger partial charge >= 0.3 is 5.97 Å². The number of carboxylic acid groups (broad SMARTS) is 1. The Balaban J connectivity index is 2.02. The number of aliphatic carboxylic acids is 1. The number of nitrogens with one attached hydrogen (secondary N) is 1. The molecule has 0 aromatic carbocycles. The van der Waals surface area contributed by atoms with Crippen LogP contribution in [-0.4, -0.2) is 23.5 Å². The van der Waals surface area contributed by atoms with E-state index in [9.17, 15) is 9.59 Å². The molecule has 1 rings (SSSR count). The lowest BCUT2D eigenvalue weighted by Crippen LogP contribution is -2.29. The molecule has 0 spiro atoms. The maximum atomic E-state index is 11.4. The Morgan fingerprint density at radius 2 is 2.12 bits per heavy atom. The molecule has 4 heteroatoms. The van der Waals surface area contributed by atoms with Crippen LogP contribution in [0, 0.1) is 11.8 Å². The molecule has 4 nitrogen and oxygen atoms in total. The van der Waals surface area contributed by atoms with Crippen LogP contribution in [0.25, 0.3) is 0 Å². The van der Waals surface area contributed by atoms with Crippen LogP contribution < -0.4 is 5.32 Å². The smallest absolute Gasteiger partial charge is 0.303 e. The molecule has 0 heterocycles. The molecule has 2 N–H and O–H groups in total. The van der Waals surface area contributed by atoms with Crippen molar-refractivity contribution in [2.45, 2.75) is 45.4 Å². The highest BCUT2D eigenvalue weighted by molar-refractivity contribution is 5.76. The average molecular weight is 227 g/mol. The van der Waals surface area contributed by atoms with Crippen LogP contribution >= 0.6 is 0 Å². The summed E-state index contributed by atoms with van der Waals surface area (Å²) in [7, 11) is 0. The van der Waals surface area contributed by atoms with Gasteiger partial charge < -0.3 is 10.4 Å². The maximum absolute atomic E-state index is 11.4. The van der Waals surface area contributed by atoms with Crippen molar-refractivity contribution in [1.29, 1.82) is 0 Å². The molecule has 0 bridgehead atoms. The van der Waals surface area contributed by atoms with E-state index in [-0.39, 0.29) is 18.2 Å². The highest BCUT2D eigenvalue weighted by Crippen LogP contribution is 2.30. The zero-order valence-electron chi connectivity index (χ0n) is 9.87. The van der Waals surface area contributed by atoms with Crippen molar-refractivity contribution in [3.8, 4) is 0 Å². The monoisotopic (exact) mass is 227 g/mol. The molecular weight excluding hydrogens is 206 g/mol. The third kappa shape index (κ3) is 5.14. The van der Waals surface area contributed by atoms with Crippen LogP contribution in [0.1, 0.15) is 45.4 Å². The van der Waals surface area contributed by atoms with E-state index in [4.69, 9.17) is 5.11 Å². The van der Waals surface area contributed by atoms with E-state index >= 15 is 0 Å². The molecule has 0 radical (unpaired) electrons. The van der Waals surface area contributed by atoms with Crippen molar-refractivity contribution in [3.63, 3.8) is 0 Å². The molecule has 1 aliphatic rings. The van der Waals surface area contributed by atoms with Gasteiger partial charge in [-0.1, -0.05) is 26.2 Å². The molecule has 92 valence electrons. The number of rotatable bonds is 7. The standard InChI is InChI=1S/C12H21NO3/c1-9(7-12(15)16)8-13-11(14)6-5-10-3-2-4-10/h9-10H,2-8H2,1H3,(H,13,14)(H,15,16). The zero-order valence-corrected chi connectivity index (χ0v) is 9.87. The number of amides is 1. The van der Waals surface area contributed by atoms with E-state index in [1.54, 1.807) is 0 Å². The third-order valence-corrected chi connectivity index (χ3v) is 3.18. The van der Waals surface area contributed by atoms with Gasteiger partial charge in [-0.2, -0.15) is 0 Å². The van der Waals surface area contributed by atoms with Gasteiger partial charge in [0.1, 0.15) is 0 Å². The highest BCUT2D eigenvalue weighted by Gasteiger charge is 2.18. The summed E-state index contributed by atoms with van der Waals surface area (Å²) < 4.78 is 0.